The van der Waals surface area contributed by atoms with Crippen molar-refractivity contribution in [3.63, 3.8) is 0 Å². The van der Waals surface area contributed by atoms with Gasteiger partial charge in [-0.15, -0.1) is 0 Å². The molecule has 720 valence electrons. The second-order valence-corrected chi connectivity index (χ2v) is 31.5. The van der Waals surface area contributed by atoms with Gasteiger partial charge in [-0.1, -0.05) is 141 Å². The Balaban J connectivity index is 0.000000159. The molecule has 13 N–H and O–H groups in total. The van der Waals surface area contributed by atoms with Crippen LogP contribution >= 0.6 is 11.6 Å². The van der Waals surface area contributed by atoms with Crippen molar-refractivity contribution in [2.75, 3.05) is 123 Å². The van der Waals surface area contributed by atoms with Crippen LogP contribution in [0.15, 0.2) is 361 Å². The van der Waals surface area contributed by atoms with E-state index in [1.807, 2.05) is 197 Å². The zero-order valence-corrected chi connectivity index (χ0v) is 78.8. The van der Waals surface area contributed by atoms with Crippen LogP contribution in [0.1, 0.15) is 18.4 Å². The summed E-state index contributed by atoms with van der Waals surface area (Å²) in [5.41, 5.74) is 5.84. The molecule has 142 heavy (non-hydrogen) atoms. The van der Waals surface area contributed by atoms with E-state index in [1.165, 1.54) is 74.1 Å². The van der Waals surface area contributed by atoms with Crippen LogP contribution in [-0.4, -0.2) is 169 Å². The van der Waals surface area contributed by atoms with E-state index in [2.05, 4.69) is 154 Å². The smallest absolute Gasteiger partial charge is 0.249 e. The van der Waals surface area contributed by atoms with Gasteiger partial charge >= 0.3 is 0 Å². The van der Waals surface area contributed by atoms with Gasteiger partial charge in [0.2, 0.25) is 35.4 Å². The number of nitrogens with one attached hydrogen (secondary N) is 13. The van der Waals surface area contributed by atoms with Gasteiger partial charge in [0.15, 0.2) is 0 Å². The summed E-state index contributed by atoms with van der Waals surface area (Å²) in [6.45, 7) is 15.1. The monoisotopic (exact) mass is 1920 g/mol. The molecule has 1 atom stereocenters. The number of halogens is 2. The van der Waals surface area contributed by atoms with Crippen LogP contribution in [0.5, 0.6) is 23.1 Å². The minimum Gasteiger partial charge on any atom is -0.457 e. The van der Waals surface area contributed by atoms with Crippen molar-refractivity contribution >= 4 is 163 Å². The Kier molecular flexibility index (Phi) is 39.1. The van der Waals surface area contributed by atoms with E-state index >= 15 is 0 Å². The third-order valence-electron chi connectivity index (χ3n) is 19.2. The quantitative estimate of drug-likeness (QED) is 0.0164. The molecule has 0 aliphatic carbocycles. The van der Waals surface area contributed by atoms with Gasteiger partial charge in [0.1, 0.15) is 142 Å². The Morgan fingerprint density at radius 2 is 0.754 bits per heavy atom. The molecule has 5 amide bonds. The lowest BCUT2D eigenvalue weighted by Gasteiger charge is -2.32. The Hall–Kier alpha value is -18.6. The Bertz CT molecular complexity index is 6800. The number of likely N-dealkylation sites (N-methyl/N-ethyl adjacent to an activating group) is 2. The molecule has 9 heterocycles. The van der Waals surface area contributed by atoms with E-state index in [9.17, 15) is 28.4 Å². The number of aromatic nitrogens is 13. The van der Waals surface area contributed by atoms with Crippen molar-refractivity contribution in [3.8, 4) is 23.1 Å². The largest absolute Gasteiger partial charge is 0.457 e. The van der Waals surface area contributed by atoms with Crippen LogP contribution in [-0.2, 0) is 24.0 Å². The Morgan fingerprint density at radius 3 is 1.23 bits per heavy atom. The number of piperidine rings is 1. The van der Waals surface area contributed by atoms with E-state index in [4.69, 9.17) is 21.1 Å². The number of anilines is 21. The van der Waals surface area contributed by atoms with Gasteiger partial charge in [-0.05, 0) is 205 Å². The maximum Gasteiger partial charge on any atom is 0.249 e. The highest BCUT2D eigenvalue weighted by Gasteiger charge is 2.23. The number of rotatable bonds is 35. The Labute approximate surface area is 824 Å². The molecular weight excluding hydrogens is 1820 g/mol. The number of hydrogen-bond donors (Lipinski definition) is 13. The van der Waals surface area contributed by atoms with Crippen molar-refractivity contribution in [1.29, 1.82) is 0 Å². The first kappa shape index (κ1) is 102. The summed E-state index contributed by atoms with van der Waals surface area (Å²) in [7, 11) is 7.74. The molecule has 0 bridgehead atoms. The second-order valence-electron chi connectivity index (χ2n) is 31.1. The van der Waals surface area contributed by atoms with Crippen molar-refractivity contribution in [2.45, 2.75) is 25.8 Å². The lowest BCUT2D eigenvalue weighted by Crippen LogP contribution is -2.44. The summed E-state index contributed by atoms with van der Waals surface area (Å²) in [6.07, 6.45) is 19.4. The molecule has 8 aromatic heterocycles. The molecule has 36 nitrogen and oxygen atoms in total. The minimum atomic E-state index is -0.474. The first-order chi connectivity index (χ1) is 69.0. The number of para-hydroxylation sites is 3. The van der Waals surface area contributed by atoms with Crippen molar-refractivity contribution in [2.24, 2.45) is 0 Å². The van der Waals surface area contributed by atoms with Crippen LogP contribution in [0.2, 0.25) is 5.02 Å². The van der Waals surface area contributed by atoms with Crippen LogP contribution in [0.3, 0.4) is 0 Å². The standard InChI is InChI=1S/C25H21N5O2.C22H24N6O2.C21H23N7O.C18H19ClFN5O.C18H16N6O/c1-2-25(31)30-19-9-6-8-18(14-19)28-23-16-24(27-17-26-23)29-20-10-7-13-22(15-20)32-21-11-4-3-5-12-21;1-16-7-4-8-17(13-16)30-22-14-20(23-15-24-22)26-18-9-5-10-19(25-18)27-21(29)11-6-12-28(2)3;1-28(2)13-7-12-21(29)27-18-11-6-10-17(25-18)26-20-14-19(22-15-23-20)24-16-8-4-3-5-9-16;1-2-18(26)25-7-3-4-13(10-25)24-17-9-16(21-11-22-17)23-12-5-6-15(20)14(19)8-12;1-2-18(25)24-15-10-6-9-14(22-15)23-17-11-16(19-12-20-17)21-13-7-4-3-5-8-13/h2-17H,1H2,(H,30,31)(H2,26,27,28,29);4-11,13-15H,12H2,1-3H3,(H2,23,24,25,26,27,29);3-12,14-15H,13H2,1-2H3,(H3,22,23,24,25,26,27,29);2,5-6,8-9,11,13H,1,3-4,7,10H2,(H2,21,22,23,24);2-12H,1H2,(H3,19,20,21,22,23,24,25)/b;11-6+;12-7+;;. The van der Waals surface area contributed by atoms with Crippen molar-refractivity contribution < 1.29 is 37.8 Å². The average molecular weight is 1930 g/mol. The first-order valence-corrected chi connectivity index (χ1v) is 44.6. The first-order valence-electron chi connectivity index (χ1n) is 44.2. The SMILES string of the molecule is C=CC(=O)N1CCCC(Nc2cc(Nc3ccc(F)c(Cl)c3)ncn2)C1.C=CC(=O)Nc1cccc(Nc2cc(Nc3cccc(Oc4ccccc4)c3)ncn2)c1.C=CC(=O)Nc1cccc(Nc2cc(Nc3ccccc3)ncn2)n1.CN(C)C/C=C/C(=O)Nc1cccc(Nc2cc(Nc3ccccc3)ncn2)n1.Cc1cccc(Oc2cc(Nc3cccc(NC(=O)/C=C/CN(C)C)n3)ncn2)c1. The van der Waals surface area contributed by atoms with Crippen LogP contribution in [0, 0.1) is 12.7 Å². The molecule has 1 aliphatic rings. The number of carbonyl (C=O) groups excluding carboxylic acids is 5. The number of amides is 5. The molecule has 1 unspecified atom stereocenters. The van der Waals surface area contributed by atoms with Gasteiger partial charge < -0.3 is 93.3 Å². The maximum absolute atomic E-state index is 13.2. The highest BCUT2D eigenvalue weighted by molar-refractivity contribution is 6.31. The Morgan fingerprint density at radius 1 is 0.373 bits per heavy atom. The summed E-state index contributed by atoms with van der Waals surface area (Å²) >= 11 is 5.79. The van der Waals surface area contributed by atoms with Gasteiger partial charge in [-0.2, -0.15) is 0 Å². The number of pyridine rings is 3. The number of likely N-dealkylation sites (tertiary alicyclic amines) is 1. The van der Waals surface area contributed by atoms with Gasteiger partial charge in [0.05, 0.1) is 5.02 Å². The number of hydrogen-bond acceptors (Lipinski definition) is 31. The number of ether oxygens (including phenoxy) is 2. The summed E-state index contributed by atoms with van der Waals surface area (Å²) < 4.78 is 24.9. The molecule has 15 aromatic rings. The van der Waals surface area contributed by atoms with Crippen molar-refractivity contribution in [1.82, 2.24) is 79.5 Å². The zero-order valence-electron chi connectivity index (χ0n) is 78.0. The fourth-order valence-corrected chi connectivity index (χ4v) is 12.9. The molecule has 0 spiro atoms. The maximum atomic E-state index is 13.2. The van der Waals surface area contributed by atoms with E-state index in [0.29, 0.717) is 136 Å². The van der Waals surface area contributed by atoms with Gasteiger partial charge in [0, 0.05) is 115 Å². The van der Waals surface area contributed by atoms with E-state index in [-0.39, 0.29) is 40.6 Å². The number of benzene rings is 7. The molecule has 0 saturated carbocycles. The fraction of sp³-hybridized carbons (Fsp3) is 0.115. The van der Waals surface area contributed by atoms with E-state index in [0.717, 1.165) is 53.4 Å². The van der Waals surface area contributed by atoms with Crippen LogP contribution in [0.25, 0.3) is 0 Å². The molecule has 1 fully saturated rings. The predicted octanol–water partition coefficient (Wildman–Crippen LogP) is 20.2. The zero-order chi connectivity index (χ0) is 100. The lowest BCUT2D eigenvalue weighted by molar-refractivity contribution is -0.127. The average Bonchev–Trinajstić information content (AvgIpc) is 0.844. The van der Waals surface area contributed by atoms with Gasteiger partial charge in [0.25, 0.3) is 0 Å². The number of aryl methyl sites for hydroxylation is 1. The molecule has 1 aliphatic heterocycles. The van der Waals surface area contributed by atoms with E-state index in [1.54, 1.807) is 120 Å². The molecule has 16 rings (SSSR count). The summed E-state index contributed by atoms with van der Waals surface area (Å²) in [4.78, 5) is 119. The fourth-order valence-electron chi connectivity index (χ4n) is 12.7. The van der Waals surface area contributed by atoms with Gasteiger partial charge in [-0.25, -0.2) is 69.2 Å². The third-order valence-corrected chi connectivity index (χ3v) is 19.5. The molecule has 7 aromatic carbocycles. The summed E-state index contributed by atoms with van der Waals surface area (Å²) in [6, 6.07) is 80.8. The molecule has 1 saturated heterocycles. The minimum absolute atomic E-state index is 0.0385. The topological polar surface area (TPSA) is 437 Å². The summed E-state index contributed by atoms with van der Waals surface area (Å²) in [5.74, 6) is 9.37. The van der Waals surface area contributed by atoms with Crippen LogP contribution in [0.4, 0.5) is 126 Å². The molecular formula is C104H103ClFN29O7. The normalized spacial score (nSPS) is 11.6. The summed E-state index contributed by atoms with van der Waals surface area (Å²) in [5, 5.41) is 39.4. The van der Waals surface area contributed by atoms with Crippen molar-refractivity contribution in [3.05, 3.63) is 377 Å². The number of nitrogens with zero attached hydrogens (tertiary/aromatic N) is 16. The predicted molar refractivity (Wildman–Crippen MR) is 558 cm³/mol. The highest BCUT2D eigenvalue weighted by atomic mass is 35.5. The second kappa shape index (κ2) is 54.2. The molecule has 0 radical (unpaired) electrons. The number of carbonyl (C=O) groups is 5. The van der Waals surface area contributed by atoms with E-state index < -0.39 is 5.82 Å². The molecule has 38 heteroatoms. The third kappa shape index (κ3) is 36.2. The highest BCUT2D eigenvalue weighted by Crippen LogP contribution is 2.31. The van der Waals surface area contributed by atoms with Gasteiger partial charge in [-0.3, -0.25) is 24.0 Å². The lowest BCUT2D eigenvalue weighted by atomic mass is 10.1. The van der Waals surface area contributed by atoms with Crippen LogP contribution < -0.4 is 78.6 Å².